The average Bonchev–Trinajstić information content (AvgIpc) is 3.10. The summed E-state index contributed by atoms with van der Waals surface area (Å²) in [5, 5.41) is 32.0. The average molecular weight is 829 g/mol. The van der Waals surface area contributed by atoms with Crippen molar-refractivity contribution < 1.29 is 51.9 Å². The van der Waals surface area contributed by atoms with Gasteiger partial charge in [-0.3, -0.25) is 18.2 Å². The van der Waals surface area contributed by atoms with Crippen LogP contribution in [0.25, 0.3) is 0 Å². The van der Waals surface area contributed by atoms with E-state index in [-0.39, 0.29) is 61.0 Å². The van der Waals surface area contributed by atoms with Gasteiger partial charge in [-0.05, 0) is 97.9 Å². The van der Waals surface area contributed by atoms with Crippen molar-refractivity contribution in [3.63, 3.8) is 0 Å². The third-order valence-corrected chi connectivity index (χ3v) is 10.7. The van der Waals surface area contributed by atoms with Crippen LogP contribution in [-0.4, -0.2) is 56.9 Å². The van der Waals surface area contributed by atoms with Gasteiger partial charge in [0.25, 0.3) is 40.5 Å². The van der Waals surface area contributed by atoms with Gasteiger partial charge < -0.3 is 10.6 Å². The van der Waals surface area contributed by atoms with Gasteiger partial charge >= 0.3 is 0 Å². The number of aromatic nitrogens is 1. The Labute approximate surface area is 313 Å². The molecule has 5 rings (SSSR count). The molecule has 5 aromatic rings. The molecule has 0 bridgehead atoms. The summed E-state index contributed by atoms with van der Waals surface area (Å²) in [5.41, 5.74) is 0.595. The van der Waals surface area contributed by atoms with Crippen molar-refractivity contribution in [3.05, 3.63) is 102 Å². The molecule has 24 heteroatoms. The number of azo groups is 2. The van der Waals surface area contributed by atoms with Crippen LogP contribution in [0.3, 0.4) is 0 Å². The van der Waals surface area contributed by atoms with Crippen LogP contribution in [0.5, 0.6) is 0 Å². The lowest BCUT2D eigenvalue weighted by Crippen LogP contribution is -2.05. The Hall–Kier alpha value is -6.04. The normalized spacial score (nSPS) is 12.5. The minimum absolute atomic E-state index is 0.00170. The summed E-state index contributed by atoms with van der Waals surface area (Å²) in [4.78, 5) is 2.26. The second-order valence-electron chi connectivity index (χ2n) is 11.0. The predicted molar refractivity (Wildman–Crippen MR) is 194 cm³/mol. The zero-order valence-electron chi connectivity index (χ0n) is 27.5. The molecule has 0 aliphatic heterocycles. The number of pyridine rings is 1. The Morgan fingerprint density at radius 3 is 1.44 bits per heavy atom. The second-order valence-corrected chi connectivity index (χ2v) is 16.7. The van der Waals surface area contributed by atoms with E-state index in [0.717, 1.165) is 36.4 Å². The minimum Gasteiger partial charge on any atom is -0.339 e. The molecule has 0 aliphatic carbocycles. The first kappa shape index (κ1) is 40.2. The van der Waals surface area contributed by atoms with E-state index in [0.29, 0.717) is 6.07 Å². The van der Waals surface area contributed by atoms with E-state index in [1.165, 1.54) is 55.5 Å². The third kappa shape index (κ3) is 9.94. The minimum atomic E-state index is -4.86. The second kappa shape index (κ2) is 15.4. The SMILES string of the molecule is Cc1c(C#N)c(Nc2ccc(S(=O)(=O)O)cc2)nc(Nc2ccc(S(=O)(=O)O)cc2)c1N=Nc1ccc(N=Nc2cc(S(=O)(=O)O)ccc2S(=O)(=O)O)cc1. The first-order chi connectivity index (χ1) is 25.6. The highest BCUT2D eigenvalue weighted by Gasteiger charge is 2.21. The van der Waals surface area contributed by atoms with Crippen molar-refractivity contribution >= 4 is 86.2 Å². The third-order valence-electron chi connectivity index (χ3n) is 7.25. The molecule has 0 amide bonds. The van der Waals surface area contributed by atoms with Gasteiger partial charge in [-0.1, -0.05) is 0 Å². The van der Waals surface area contributed by atoms with Crippen molar-refractivity contribution in [2.45, 2.75) is 26.5 Å². The van der Waals surface area contributed by atoms with Gasteiger partial charge in [0, 0.05) is 16.9 Å². The maximum atomic E-state index is 11.8. The monoisotopic (exact) mass is 828 g/mol. The van der Waals surface area contributed by atoms with Gasteiger partial charge in [0.15, 0.2) is 11.6 Å². The van der Waals surface area contributed by atoms with Crippen LogP contribution in [0.1, 0.15) is 11.1 Å². The lowest BCUT2D eigenvalue weighted by atomic mass is 10.1. The van der Waals surface area contributed by atoms with Crippen LogP contribution in [0.2, 0.25) is 0 Å². The Balaban J connectivity index is 1.50. The standard InChI is InChI=1S/C31H24N8O12S4/c1-18-26(17-32)30(33-19-6-10-23(11-7-19)52(40,41)42)35-31(34-20-8-12-24(13-9-20)53(43,44)45)29(18)39-37-22-4-2-21(3-5-22)36-38-27-16-25(54(46,47)48)14-15-28(27)55(49,50)51/h2-16H,1H3,(H2,33,34,35)(H,40,41,42)(H,43,44,45)(H,46,47,48)(H,49,50,51). The van der Waals surface area contributed by atoms with Gasteiger partial charge in [-0.25, -0.2) is 4.98 Å². The van der Waals surface area contributed by atoms with E-state index in [4.69, 9.17) is 0 Å². The summed E-state index contributed by atoms with van der Waals surface area (Å²) < 4.78 is 130. The molecule has 1 heterocycles. The summed E-state index contributed by atoms with van der Waals surface area (Å²) in [6.45, 7) is 1.54. The maximum Gasteiger partial charge on any atom is 0.296 e. The molecule has 0 fully saturated rings. The number of anilines is 4. The molecule has 0 saturated heterocycles. The number of benzene rings is 4. The fraction of sp³-hybridized carbons (Fsp3) is 0.0323. The van der Waals surface area contributed by atoms with E-state index in [2.05, 4.69) is 36.1 Å². The summed E-state index contributed by atoms with van der Waals surface area (Å²) >= 11 is 0. The molecule has 284 valence electrons. The zero-order valence-corrected chi connectivity index (χ0v) is 30.8. The van der Waals surface area contributed by atoms with Gasteiger partial charge in [-0.2, -0.15) is 49.2 Å². The Kier molecular flexibility index (Phi) is 11.2. The number of nitrogens with zero attached hydrogens (tertiary/aromatic N) is 6. The summed E-state index contributed by atoms with van der Waals surface area (Å²) in [5.74, 6) is -0.00583. The van der Waals surface area contributed by atoms with Gasteiger partial charge in [0.1, 0.15) is 22.3 Å². The van der Waals surface area contributed by atoms with Crippen LogP contribution in [0.4, 0.5) is 45.8 Å². The zero-order chi connectivity index (χ0) is 40.3. The molecule has 0 unspecified atom stereocenters. The quantitative estimate of drug-likeness (QED) is 0.0572. The number of hydrogen-bond acceptors (Lipinski definition) is 16. The van der Waals surface area contributed by atoms with E-state index in [9.17, 15) is 57.1 Å². The molecule has 0 saturated carbocycles. The van der Waals surface area contributed by atoms with Crippen LogP contribution >= 0.6 is 0 Å². The summed E-state index contributed by atoms with van der Waals surface area (Å²) in [6.07, 6.45) is 0. The van der Waals surface area contributed by atoms with E-state index >= 15 is 0 Å². The van der Waals surface area contributed by atoms with Crippen molar-refractivity contribution in [1.29, 1.82) is 5.26 Å². The van der Waals surface area contributed by atoms with Crippen molar-refractivity contribution in [2.75, 3.05) is 10.6 Å². The number of nitrogens with one attached hydrogen (secondary N) is 2. The maximum absolute atomic E-state index is 11.8. The largest absolute Gasteiger partial charge is 0.339 e. The smallest absolute Gasteiger partial charge is 0.296 e. The Morgan fingerprint density at radius 2 is 1.00 bits per heavy atom. The van der Waals surface area contributed by atoms with Crippen LogP contribution in [-0.2, 0) is 40.5 Å². The van der Waals surface area contributed by atoms with Gasteiger partial charge in [0.2, 0.25) is 0 Å². The fourth-order valence-corrected chi connectivity index (χ4v) is 6.65. The van der Waals surface area contributed by atoms with E-state index in [1.807, 2.05) is 6.07 Å². The van der Waals surface area contributed by atoms with E-state index < -0.39 is 56.0 Å². The molecular formula is C31H24N8O12S4. The first-order valence-corrected chi connectivity index (χ1v) is 20.6. The molecule has 0 aliphatic rings. The molecule has 4 aromatic carbocycles. The van der Waals surface area contributed by atoms with Crippen molar-refractivity contribution in [2.24, 2.45) is 20.5 Å². The van der Waals surface area contributed by atoms with Crippen LogP contribution < -0.4 is 10.6 Å². The Morgan fingerprint density at radius 1 is 0.564 bits per heavy atom. The molecule has 1 aromatic heterocycles. The molecule has 0 radical (unpaired) electrons. The molecule has 55 heavy (non-hydrogen) atoms. The molecule has 0 atom stereocenters. The van der Waals surface area contributed by atoms with E-state index in [1.54, 1.807) is 0 Å². The van der Waals surface area contributed by atoms with Crippen molar-refractivity contribution in [3.8, 4) is 6.07 Å². The number of rotatable bonds is 12. The molecular weight excluding hydrogens is 805 g/mol. The highest BCUT2D eigenvalue weighted by atomic mass is 32.2. The fourth-order valence-electron chi connectivity index (χ4n) is 4.58. The highest BCUT2D eigenvalue weighted by molar-refractivity contribution is 7.86. The van der Waals surface area contributed by atoms with Crippen LogP contribution in [0, 0.1) is 18.3 Å². The molecule has 0 spiro atoms. The predicted octanol–water partition coefficient (Wildman–Crippen LogP) is 6.57. The lowest BCUT2D eigenvalue weighted by Gasteiger charge is -2.16. The molecule has 6 N–H and O–H groups in total. The number of hydrogen-bond donors (Lipinski definition) is 6. The summed E-state index contributed by atoms with van der Waals surface area (Å²) in [6, 6.07) is 19.6. The van der Waals surface area contributed by atoms with Gasteiger partial charge in [-0.15, -0.1) is 10.2 Å². The van der Waals surface area contributed by atoms with Crippen LogP contribution in [0.15, 0.2) is 131 Å². The Bertz CT molecular complexity index is 2860. The summed E-state index contributed by atoms with van der Waals surface area (Å²) in [7, 11) is -18.6. The number of nitriles is 1. The molecule has 20 nitrogen and oxygen atoms in total. The highest BCUT2D eigenvalue weighted by Crippen LogP contribution is 2.38. The lowest BCUT2D eigenvalue weighted by molar-refractivity contribution is 0.478. The van der Waals surface area contributed by atoms with Gasteiger partial charge in [0.05, 0.1) is 31.6 Å². The topological polar surface area (TPSA) is 328 Å². The first-order valence-electron chi connectivity index (χ1n) is 14.8. The van der Waals surface area contributed by atoms with Crippen molar-refractivity contribution in [1.82, 2.24) is 4.98 Å².